The van der Waals surface area contributed by atoms with Crippen molar-refractivity contribution in [3.63, 3.8) is 0 Å². The second kappa shape index (κ2) is 11.0. The van der Waals surface area contributed by atoms with E-state index in [0.29, 0.717) is 11.3 Å². The summed E-state index contributed by atoms with van der Waals surface area (Å²) in [5.74, 6) is -0.770. The number of nitrogens with one attached hydrogen (secondary N) is 3. The molecule has 34 heavy (non-hydrogen) atoms. The summed E-state index contributed by atoms with van der Waals surface area (Å²) in [6.07, 6.45) is 1.48. The number of rotatable bonds is 10. The van der Waals surface area contributed by atoms with Crippen LogP contribution in [0, 0.1) is 0 Å². The number of aromatic nitrogens is 1. The summed E-state index contributed by atoms with van der Waals surface area (Å²) >= 11 is 0. The van der Waals surface area contributed by atoms with Gasteiger partial charge in [-0.25, -0.2) is 13.1 Å². The molecule has 3 aromatic rings. The van der Waals surface area contributed by atoms with Gasteiger partial charge in [0.1, 0.15) is 12.4 Å². The predicted molar refractivity (Wildman–Crippen MR) is 127 cm³/mol. The highest BCUT2D eigenvalue weighted by Gasteiger charge is 2.18. The maximum Gasteiger partial charge on any atom is 0.255 e. The first-order chi connectivity index (χ1) is 16.2. The average molecular weight is 482 g/mol. The number of benzene rings is 1. The van der Waals surface area contributed by atoms with Crippen LogP contribution >= 0.6 is 0 Å². The van der Waals surface area contributed by atoms with E-state index in [0.717, 1.165) is 0 Å². The van der Waals surface area contributed by atoms with Crippen molar-refractivity contribution in [2.75, 3.05) is 19.7 Å². The lowest BCUT2D eigenvalue weighted by Crippen LogP contribution is -2.41. The predicted octanol–water partition coefficient (Wildman–Crippen LogP) is 0.653. The molecule has 0 bridgehead atoms. The van der Waals surface area contributed by atoms with Gasteiger partial charge >= 0.3 is 0 Å². The van der Waals surface area contributed by atoms with Crippen LogP contribution in [0.5, 0.6) is 5.75 Å². The number of pyridine rings is 2. The summed E-state index contributed by atoms with van der Waals surface area (Å²) in [5, 5.41) is 5.02. The highest BCUT2D eigenvalue weighted by atomic mass is 32.2. The average Bonchev–Trinajstić information content (AvgIpc) is 2.80. The van der Waals surface area contributed by atoms with E-state index in [-0.39, 0.29) is 30.2 Å². The van der Waals surface area contributed by atoms with Crippen molar-refractivity contribution < 1.29 is 22.7 Å². The van der Waals surface area contributed by atoms with Crippen molar-refractivity contribution >= 4 is 35.1 Å². The minimum Gasteiger partial charge on any atom is -0.490 e. The Morgan fingerprint density at radius 3 is 2.53 bits per heavy atom. The van der Waals surface area contributed by atoms with Gasteiger partial charge < -0.3 is 15.4 Å². The minimum absolute atomic E-state index is 0.0242. The van der Waals surface area contributed by atoms with Gasteiger partial charge in [-0.1, -0.05) is 18.2 Å². The van der Waals surface area contributed by atoms with Crippen LogP contribution in [-0.2, 0) is 10.0 Å². The Hall–Kier alpha value is -3.64. The Morgan fingerprint density at radius 1 is 1.09 bits per heavy atom. The van der Waals surface area contributed by atoms with E-state index in [4.69, 9.17) is 12.6 Å². The van der Waals surface area contributed by atoms with Gasteiger partial charge in [-0.2, -0.15) is 0 Å². The van der Waals surface area contributed by atoms with Gasteiger partial charge in [0.05, 0.1) is 17.6 Å². The van der Waals surface area contributed by atoms with E-state index in [1.807, 2.05) is 0 Å². The third-order valence-corrected chi connectivity index (χ3v) is 6.29. The number of amides is 2. The zero-order valence-electron chi connectivity index (χ0n) is 18.4. The lowest BCUT2D eigenvalue weighted by atomic mass is 10.1. The standard InChI is InChI=1S/C22H23BN4O6S/c1-15(26-34(31,32)19-5-3-2-4-6-19)13-25-21(29)16-11-17-7-8-18(14-27(17)20(28)12-16)33-10-9-24-22(23)30/h2-8,11-12,14-15,26H,9-10,13H2,1H3,(H,24,30)(H,25,29)/t15-/m1/s1. The number of sulfonamides is 1. The second-order valence-corrected chi connectivity index (χ2v) is 9.14. The summed E-state index contributed by atoms with van der Waals surface area (Å²) in [6, 6.07) is 13.3. The Kier molecular flexibility index (Phi) is 8.08. The molecule has 3 N–H and O–H groups in total. The van der Waals surface area contributed by atoms with E-state index < -0.39 is 33.3 Å². The fourth-order valence-electron chi connectivity index (χ4n) is 3.09. The lowest BCUT2D eigenvalue weighted by molar-refractivity contribution is 0.0951. The van der Waals surface area contributed by atoms with Crippen molar-refractivity contribution in [3.8, 4) is 5.75 Å². The molecule has 1 aromatic carbocycles. The van der Waals surface area contributed by atoms with Crippen molar-refractivity contribution in [1.29, 1.82) is 0 Å². The molecule has 0 fully saturated rings. The Balaban J connectivity index is 1.62. The van der Waals surface area contributed by atoms with E-state index >= 15 is 0 Å². The summed E-state index contributed by atoms with van der Waals surface area (Å²) in [4.78, 5) is 35.9. The summed E-state index contributed by atoms with van der Waals surface area (Å²) in [7, 11) is 1.26. The molecule has 0 spiro atoms. The Morgan fingerprint density at radius 2 is 1.82 bits per heavy atom. The zero-order valence-corrected chi connectivity index (χ0v) is 19.2. The molecule has 0 unspecified atom stereocenters. The maximum absolute atomic E-state index is 12.6. The normalized spacial score (nSPS) is 12.1. The minimum atomic E-state index is -3.72. The number of ether oxygens (including phenoxy) is 1. The van der Waals surface area contributed by atoms with Crippen molar-refractivity contribution in [1.82, 2.24) is 19.8 Å². The van der Waals surface area contributed by atoms with Crippen molar-refractivity contribution in [2.24, 2.45) is 0 Å². The summed E-state index contributed by atoms with van der Waals surface area (Å²) < 4.78 is 34.1. The van der Waals surface area contributed by atoms with Crippen LogP contribution in [0.15, 0.2) is 70.5 Å². The zero-order chi connectivity index (χ0) is 24.7. The SMILES string of the molecule is [B]C(=O)NCCOc1ccc2cc(C(=O)NC[C@@H](C)NS(=O)(=O)c3ccccc3)cc(=O)n2c1. The highest BCUT2D eigenvalue weighted by molar-refractivity contribution is 7.89. The van der Waals surface area contributed by atoms with Crippen molar-refractivity contribution in [3.05, 3.63) is 76.7 Å². The van der Waals surface area contributed by atoms with Gasteiger partial charge in [0.2, 0.25) is 10.0 Å². The van der Waals surface area contributed by atoms with Crippen LogP contribution in [0.1, 0.15) is 17.3 Å². The molecule has 0 saturated heterocycles. The molecule has 3 rings (SSSR count). The molecule has 2 aromatic heterocycles. The monoisotopic (exact) mass is 482 g/mol. The van der Waals surface area contributed by atoms with Gasteiger partial charge in [0.25, 0.3) is 11.5 Å². The Bertz CT molecular complexity index is 1340. The molecule has 0 saturated carbocycles. The topological polar surface area (TPSA) is 135 Å². The van der Waals surface area contributed by atoms with E-state index in [9.17, 15) is 22.8 Å². The van der Waals surface area contributed by atoms with Gasteiger partial charge in [-0.3, -0.25) is 18.8 Å². The van der Waals surface area contributed by atoms with Gasteiger partial charge in [-0.05, 0) is 37.3 Å². The molecular weight excluding hydrogens is 459 g/mol. The third-order valence-electron chi connectivity index (χ3n) is 4.68. The van der Waals surface area contributed by atoms with Crippen LogP contribution in [0.3, 0.4) is 0 Å². The van der Waals surface area contributed by atoms with Crippen molar-refractivity contribution in [2.45, 2.75) is 17.9 Å². The number of nitrogens with zero attached hydrogens (tertiary/aromatic N) is 1. The number of carbonyl (C=O) groups excluding carboxylic acids is 2. The van der Waals surface area contributed by atoms with Crippen LogP contribution in [-0.4, -0.2) is 58.1 Å². The molecule has 1 atom stereocenters. The smallest absolute Gasteiger partial charge is 0.255 e. The van der Waals surface area contributed by atoms with Crippen LogP contribution in [0.2, 0.25) is 0 Å². The highest BCUT2D eigenvalue weighted by Crippen LogP contribution is 2.13. The molecule has 176 valence electrons. The van der Waals surface area contributed by atoms with E-state index in [2.05, 4.69) is 15.4 Å². The van der Waals surface area contributed by atoms with Gasteiger partial charge in [-0.15, -0.1) is 0 Å². The molecule has 0 aliphatic heterocycles. The fraction of sp³-hybridized carbons (Fsp3) is 0.227. The summed E-state index contributed by atoms with van der Waals surface area (Å²) in [5.41, 5.74) is 0.168. The Labute approximate surface area is 197 Å². The molecule has 0 aliphatic rings. The number of hydrogen-bond acceptors (Lipinski definition) is 6. The van der Waals surface area contributed by atoms with Crippen LogP contribution < -0.4 is 25.7 Å². The van der Waals surface area contributed by atoms with E-state index in [1.165, 1.54) is 34.9 Å². The summed E-state index contributed by atoms with van der Waals surface area (Å²) in [6.45, 7) is 2.02. The molecular formula is C22H23BN4O6S. The molecule has 10 nitrogen and oxygen atoms in total. The molecule has 2 radical (unpaired) electrons. The first-order valence-electron chi connectivity index (χ1n) is 10.3. The third kappa shape index (κ3) is 6.69. The number of carbonyl (C=O) groups is 2. The number of hydrogen-bond donors (Lipinski definition) is 3. The molecule has 2 amide bonds. The largest absolute Gasteiger partial charge is 0.490 e. The maximum atomic E-state index is 12.6. The second-order valence-electron chi connectivity index (χ2n) is 7.43. The molecule has 0 aliphatic carbocycles. The lowest BCUT2D eigenvalue weighted by Gasteiger charge is -2.15. The molecule has 2 heterocycles. The quantitative estimate of drug-likeness (QED) is 0.287. The molecule has 12 heteroatoms. The van der Waals surface area contributed by atoms with Gasteiger partial charge in [0.15, 0.2) is 13.7 Å². The fourth-order valence-corrected chi connectivity index (χ4v) is 4.35. The van der Waals surface area contributed by atoms with Gasteiger partial charge in [0, 0.05) is 29.7 Å². The first-order valence-corrected chi connectivity index (χ1v) is 11.8. The van der Waals surface area contributed by atoms with Crippen LogP contribution in [0.4, 0.5) is 4.79 Å². The van der Waals surface area contributed by atoms with Crippen LogP contribution in [0.25, 0.3) is 5.52 Å². The number of fused-ring (bicyclic) bond motifs is 1. The first kappa shape index (κ1) is 25.0. The van der Waals surface area contributed by atoms with E-state index in [1.54, 1.807) is 37.3 Å².